The first-order chi connectivity index (χ1) is 10.5. The summed E-state index contributed by atoms with van der Waals surface area (Å²) in [5.41, 5.74) is 2.28. The maximum atomic E-state index is 14.5. The third-order valence-electron chi connectivity index (χ3n) is 4.01. The van der Waals surface area contributed by atoms with Crippen LogP contribution in [0.3, 0.4) is 0 Å². The lowest BCUT2D eigenvalue weighted by Gasteiger charge is -2.22. The summed E-state index contributed by atoms with van der Waals surface area (Å²) in [4.78, 5) is 18.2. The highest BCUT2D eigenvalue weighted by Gasteiger charge is 2.36. The number of likely N-dealkylation sites (tertiary alicyclic amines) is 1. The normalized spacial score (nSPS) is 23.0. The summed E-state index contributed by atoms with van der Waals surface area (Å²) < 4.78 is 14.5. The average molecular weight is 302 g/mol. The van der Waals surface area contributed by atoms with Gasteiger partial charge in [-0.15, -0.1) is 0 Å². The van der Waals surface area contributed by atoms with Crippen LogP contribution in [0.1, 0.15) is 45.2 Å². The van der Waals surface area contributed by atoms with E-state index in [0.29, 0.717) is 24.4 Å². The Bertz CT molecular complexity index is 603. The molecule has 22 heavy (non-hydrogen) atoms. The van der Waals surface area contributed by atoms with Crippen LogP contribution in [-0.2, 0) is 4.79 Å². The maximum Gasteiger partial charge on any atom is 0.180 e. The predicted molar refractivity (Wildman–Crippen MR) is 87.6 cm³/mol. The molecule has 0 spiro atoms. The molecule has 1 saturated heterocycles. The topological polar surface area (TPSA) is 32.7 Å². The lowest BCUT2D eigenvalue weighted by molar-refractivity contribution is -0.115. The Morgan fingerprint density at radius 2 is 1.95 bits per heavy atom. The number of amidine groups is 1. The highest BCUT2D eigenvalue weighted by molar-refractivity contribution is 6.00. The molecular formula is C18H23FN2O. The molecule has 0 aliphatic carbocycles. The van der Waals surface area contributed by atoms with Crippen LogP contribution < -0.4 is 0 Å². The Balaban J connectivity index is 2.34. The zero-order valence-corrected chi connectivity index (χ0v) is 13.6. The number of carbonyl (C=O) groups is 1. The summed E-state index contributed by atoms with van der Waals surface area (Å²) >= 11 is 0. The Kier molecular flexibility index (Phi) is 5.11. The van der Waals surface area contributed by atoms with Crippen molar-refractivity contribution in [1.29, 1.82) is 0 Å². The van der Waals surface area contributed by atoms with Gasteiger partial charge in [0.2, 0.25) is 0 Å². The SMILES string of the molecule is CCC(=O)C(/N=C1/C(F)CC(c2ccccc2)N1C)=C(C)C. The monoisotopic (exact) mass is 302 g/mol. The van der Waals surface area contributed by atoms with E-state index in [1.807, 2.05) is 56.1 Å². The number of alkyl halides is 1. The van der Waals surface area contributed by atoms with Crippen LogP contribution in [0.25, 0.3) is 0 Å². The summed E-state index contributed by atoms with van der Waals surface area (Å²) in [7, 11) is 1.84. The van der Waals surface area contributed by atoms with Crippen LogP contribution in [0.2, 0.25) is 0 Å². The quantitative estimate of drug-likeness (QED) is 0.785. The molecule has 1 aromatic carbocycles. The van der Waals surface area contributed by atoms with Crippen LogP contribution in [0.15, 0.2) is 46.6 Å². The van der Waals surface area contributed by atoms with E-state index in [1.54, 1.807) is 6.92 Å². The molecule has 0 bridgehead atoms. The predicted octanol–water partition coefficient (Wildman–Crippen LogP) is 4.07. The molecule has 0 aromatic heterocycles. The van der Waals surface area contributed by atoms with Crippen molar-refractivity contribution in [3.05, 3.63) is 47.2 Å². The summed E-state index contributed by atoms with van der Waals surface area (Å²) in [5.74, 6) is 0.308. The molecule has 3 nitrogen and oxygen atoms in total. The first-order valence-electron chi connectivity index (χ1n) is 7.66. The smallest absolute Gasteiger partial charge is 0.180 e. The van der Waals surface area contributed by atoms with Crippen molar-refractivity contribution < 1.29 is 9.18 Å². The number of Topliss-reactive ketones (excluding diaryl/α,β-unsaturated/α-hetero) is 1. The van der Waals surface area contributed by atoms with Gasteiger partial charge in [0.1, 0.15) is 11.5 Å². The summed E-state index contributed by atoms with van der Waals surface area (Å²) in [6.07, 6.45) is -0.398. The molecule has 118 valence electrons. The van der Waals surface area contributed by atoms with Gasteiger partial charge in [0.05, 0.1) is 6.04 Å². The Morgan fingerprint density at radius 3 is 2.50 bits per heavy atom. The van der Waals surface area contributed by atoms with Gasteiger partial charge in [-0.3, -0.25) is 4.79 Å². The van der Waals surface area contributed by atoms with Gasteiger partial charge in [0.25, 0.3) is 0 Å². The van der Waals surface area contributed by atoms with E-state index in [1.165, 1.54) is 0 Å². The van der Waals surface area contributed by atoms with Crippen molar-refractivity contribution in [1.82, 2.24) is 4.90 Å². The van der Waals surface area contributed by atoms with Gasteiger partial charge in [-0.25, -0.2) is 9.38 Å². The number of carbonyl (C=O) groups excluding carboxylic acids is 1. The molecule has 1 aromatic rings. The highest BCUT2D eigenvalue weighted by atomic mass is 19.1. The number of aliphatic imine (C=N–C) groups is 1. The Morgan fingerprint density at radius 1 is 1.32 bits per heavy atom. The fourth-order valence-electron chi connectivity index (χ4n) is 2.76. The number of hydrogen-bond donors (Lipinski definition) is 0. The Hall–Kier alpha value is -1.97. The maximum absolute atomic E-state index is 14.5. The van der Waals surface area contributed by atoms with E-state index in [0.717, 1.165) is 11.1 Å². The van der Waals surface area contributed by atoms with E-state index < -0.39 is 6.17 Å². The molecule has 2 unspecified atom stereocenters. The number of allylic oxidation sites excluding steroid dienone is 2. The second kappa shape index (κ2) is 6.86. The zero-order chi connectivity index (χ0) is 16.3. The van der Waals surface area contributed by atoms with Gasteiger partial charge in [-0.2, -0.15) is 0 Å². The van der Waals surface area contributed by atoms with Gasteiger partial charge < -0.3 is 4.90 Å². The van der Waals surface area contributed by atoms with Crippen molar-refractivity contribution >= 4 is 11.6 Å². The molecule has 1 aliphatic heterocycles. The van der Waals surface area contributed by atoms with Gasteiger partial charge >= 0.3 is 0 Å². The molecule has 2 atom stereocenters. The summed E-state index contributed by atoms with van der Waals surface area (Å²) in [5, 5.41) is 0. The second-order valence-corrected chi connectivity index (χ2v) is 5.84. The zero-order valence-electron chi connectivity index (χ0n) is 13.6. The van der Waals surface area contributed by atoms with Gasteiger partial charge in [0.15, 0.2) is 12.0 Å². The van der Waals surface area contributed by atoms with E-state index in [4.69, 9.17) is 0 Å². The lowest BCUT2D eigenvalue weighted by atomic mass is 10.0. The number of halogens is 1. The first kappa shape index (κ1) is 16.4. The van der Waals surface area contributed by atoms with Crippen LogP contribution in [0.5, 0.6) is 0 Å². The number of hydrogen-bond acceptors (Lipinski definition) is 2. The van der Waals surface area contributed by atoms with Crippen molar-refractivity contribution in [3.8, 4) is 0 Å². The minimum absolute atomic E-state index is 0.0370. The van der Waals surface area contributed by atoms with E-state index >= 15 is 0 Å². The van der Waals surface area contributed by atoms with E-state index in [9.17, 15) is 9.18 Å². The van der Waals surface area contributed by atoms with Crippen molar-refractivity contribution in [2.75, 3.05) is 7.05 Å². The van der Waals surface area contributed by atoms with Gasteiger partial charge in [-0.1, -0.05) is 37.3 Å². The van der Waals surface area contributed by atoms with Crippen LogP contribution >= 0.6 is 0 Å². The molecule has 0 saturated carbocycles. The number of nitrogens with zero attached hydrogens (tertiary/aromatic N) is 2. The number of rotatable bonds is 4. The third kappa shape index (κ3) is 3.26. The van der Waals surface area contributed by atoms with E-state index in [-0.39, 0.29) is 11.8 Å². The second-order valence-electron chi connectivity index (χ2n) is 5.84. The fraction of sp³-hybridized carbons (Fsp3) is 0.444. The van der Waals surface area contributed by atoms with Crippen LogP contribution in [0, 0.1) is 0 Å². The van der Waals surface area contributed by atoms with Crippen molar-refractivity contribution in [2.24, 2.45) is 4.99 Å². The number of ketones is 1. The minimum Gasteiger partial charge on any atom is -0.353 e. The fourth-order valence-corrected chi connectivity index (χ4v) is 2.76. The van der Waals surface area contributed by atoms with Gasteiger partial charge in [-0.05, 0) is 25.0 Å². The molecule has 4 heteroatoms. The Labute approximate surface area is 131 Å². The number of benzene rings is 1. The summed E-state index contributed by atoms with van der Waals surface area (Å²) in [6, 6.07) is 9.80. The van der Waals surface area contributed by atoms with Crippen LogP contribution in [0.4, 0.5) is 4.39 Å². The van der Waals surface area contributed by atoms with E-state index in [2.05, 4.69) is 4.99 Å². The molecule has 0 amide bonds. The lowest BCUT2D eigenvalue weighted by Crippen LogP contribution is -2.26. The van der Waals surface area contributed by atoms with Gasteiger partial charge in [0, 0.05) is 19.9 Å². The molecular weight excluding hydrogens is 279 g/mol. The third-order valence-corrected chi connectivity index (χ3v) is 4.01. The molecule has 1 aliphatic rings. The van der Waals surface area contributed by atoms with Crippen molar-refractivity contribution in [2.45, 2.75) is 45.8 Å². The average Bonchev–Trinajstić information content (AvgIpc) is 2.79. The molecule has 1 heterocycles. The molecule has 2 rings (SSSR count). The molecule has 0 radical (unpaired) electrons. The van der Waals surface area contributed by atoms with Crippen molar-refractivity contribution in [3.63, 3.8) is 0 Å². The standard InChI is InChI=1S/C18H23FN2O/c1-5-16(22)17(12(2)3)20-18-14(19)11-15(21(18)4)13-9-7-6-8-10-13/h6-10,14-15H,5,11H2,1-4H3/b20-18-. The minimum atomic E-state index is -1.14. The first-order valence-corrected chi connectivity index (χ1v) is 7.66. The highest BCUT2D eigenvalue weighted by Crippen LogP contribution is 2.34. The molecule has 0 N–H and O–H groups in total. The summed E-state index contributed by atoms with van der Waals surface area (Å²) in [6.45, 7) is 5.47. The largest absolute Gasteiger partial charge is 0.353 e. The van der Waals surface area contributed by atoms with Crippen LogP contribution in [-0.4, -0.2) is 29.7 Å². The molecule has 1 fully saturated rings.